The number of nitrogens with one attached hydrogen (secondary N) is 1. The third-order valence-electron chi connectivity index (χ3n) is 14.1. The molecule has 0 radical (unpaired) electrons. The summed E-state index contributed by atoms with van der Waals surface area (Å²) in [7, 11) is 4.36. The Kier molecular flexibility index (Phi) is 18.2. The van der Waals surface area contributed by atoms with Crippen LogP contribution < -0.4 is 5.32 Å². The molecule has 0 amide bonds. The number of likely N-dealkylation sites (tertiary alicyclic amines) is 2. The van der Waals surface area contributed by atoms with Crippen molar-refractivity contribution in [2.45, 2.75) is 267 Å². The van der Waals surface area contributed by atoms with E-state index in [2.05, 4.69) is 160 Å². The Balaban J connectivity index is 0.00000610. The van der Waals surface area contributed by atoms with Crippen LogP contribution in [0.3, 0.4) is 0 Å². The number of esters is 2. The number of ether oxygens (including phenoxy) is 3. The zero-order valence-electron chi connectivity index (χ0n) is 43.6. The summed E-state index contributed by atoms with van der Waals surface area (Å²) < 4.78 is 19.9. The van der Waals surface area contributed by atoms with Crippen molar-refractivity contribution in [2.24, 2.45) is 28.6 Å². The highest BCUT2D eigenvalue weighted by atomic mass is 16.6. The Hall–Kier alpha value is -1.64. The quantitative estimate of drug-likeness (QED) is 0.129. The number of rotatable bonds is 15. The fraction of sp³-hybridized carbons (Fsp3) is 0.923. The van der Waals surface area contributed by atoms with Gasteiger partial charge in [-0.1, -0.05) is 74.8 Å². The van der Waals surface area contributed by atoms with Crippen LogP contribution in [0.5, 0.6) is 0 Å². The predicted octanol–water partition coefficient (Wildman–Crippen LogP) is 12.5. The standard InChI is InChI=1S/C50H93N3O5.C2H6/c1-34(56-37-30-47(12,13)52(20)48(14,15)31-37)25-40(42(55)57-36-28-45(8,9)51-46(10,11)29-36)39(24-22-23-35(26-43(2,3)4)27-44(5,6)7)41(54)58-38-32-49(16,17)53(21)50(18,19)33-38;1-2/h35-40,51H,1,22-33H2,2-21H3;1-2H3. The van der Waals surface area contributed by atoms with Crippen LogP contribution in [0.4, 0.5) is 0 Å². The van der Waals surface area contributed by atoms with Crippen LogP contribution in [0, 0.1) is 28.6 Å². The highest BCUT2D eigenvalue weighted by Gasteiger charge is 2.48. The Morgan fingerprint density at radius 3 is 1.28 bits per heavy atom. The minimum absolute atomic E-state index is 0.0546. The number of hydrogen-bond donors (Lipinski definition) is 1. The summed E-state index contributed by atoms with van der Waals surface area (Å²) in [6, 6.07) is 0. The van der Waals surface area contributed by atoms with Crippen LogP contribution in [0.1, 0.15) is 216 Å². The zero-order valence-corrected chi connectivity index (χ0v) is 43.6. The van der Waals surface area contributed by atoms with Crippen molar-refractivity contribution in [3.8, 4) is 0 Å². The van der Waals surface area contributed by atoms with Gasteiger partial charge in [0.2, 0.25) is 0 Å². The Labute approximate surface area is 371 Å². The van der Waals surface area contributed by atoms with Gasteiger partial charge in [-0.3, -0.25) is 19.4 Å². The number of carbonyl (C=O) groups excluding carboxylic acids is 2. The average Bonchev–Trinajstić information content (AvgIpc) is 3.00. The van der Waals surface area contributed by atoms with Crippen LogP contribution in [0.25, 0.3) is 0 Å². The number of carbonyl (C=O) groups is 2. The molecular formula is C52H99N3O5. The van der Waals surface area contributed by atoms with E-state index in [1.54, 1.807) is 0 Å². The second kappa shape index (κ2) is 20.0. The van der Waals surface area contributed by atoms with Crippen molar-refractivity contribution in [3.63, 3.8) is 0 Å². The van der Waals surface area contributed by atoms with E-state index in [4.69, 9.17) is 14.2 Å². The van der Waals surface area contributed by atoms with Gasteiger partial charge in [-0.15, -0.1) is 0 Å². The molecule has 0 aromatic carbocycles. The maximum absolute atomic E-state index is 14.9. The lowest BCUT2D eigenvalue weighted by molar-refractivity contribution is -0.175. The second-order valence-electron chi connectivity index (χ2n) is 25.6. The first kappa shape index (κ1) is 54.5. The third-order valence-corrected chi connectivity index (χ3v) is 14.1. The van der Waals surface area contributed by atoms with Crippen molar-refractivity contribution in [2.75, 3.05) is 14.1 Å². The van der Waals surface area contributed by atoms with Gasteiger partial charge in [0.15, 0.2) is 0 Å². The first-order valence-corrected chi connectivity index (χ1v) is 24.0. The molecule has 2 atom stereocenters. The minimum Gasteiger partial charge on any atom is -0.495 e. The molecule has 3 heterocycles. The number of nitrogens with zero attached hydrogens (tertiary/aromatic N) is 2. The van der Waals surface area contributed by atoms with Gasteiger partial charge in [0.05, 0.1) is 17.6 Å². The lowest BCUT2D eigenvalue weighted by atomic mass is 9.74. The van der Waals surface area contributed by atoms with Gasteiger partial charge < -0.3 is 19.5 Å². The fourth-order valence-corrected chi connectivity index (χ4v) is 11.6. The van der Waals surface area contributed by atoms with Gasteiger partial charge in [0.25, 0.3) is 0 Å². The van der Waals surface area contributed by atoms with Crippen molar-refractivity contribution in [1.29, 1.82) is 0 Å². The van der Waals surface area contributed by atoms with Gasteiger partial charge in [0.1, 0.15) is 18.3 Å². The molecule has 3 saturated heterocycles. The number of allylic oxidation sites excluding steroid dienone is 1. The Bertz CT molecular complexity index is 1340. The maximum Gasteiger partial charge on any atom is 0.310 e. The third kappa shape index (κ3) is 16.5. The molecule has 3 aliphatic heterocycles. The molecular weight excluding hydrogens is 747 g/mol. The molecule has 8 heteroatoms. The molecule has 0 saturated carbocycles. The van der Waals surface area contributed by atoms with Crippen LogP contribution in [0.2, 0.25) is 0 Å². The van der Waals surface area contributed by atoms with Gasteiger partial charge in [-0.2, -0.15) is 0 Å². The smallest absolute Gasteiger partial charge is 0.310 e. The van der Waals surface area contributed by atoms with Crippen LogP contribution in [-0.2, 0) is 23.8 Å². The summed E-state index contributed by atoms with van der Waals surface area (Å²) in [6.45, 7) is 49.0. The molecule has 2 unspecified atom stereocenters. The van der Waals surface area contributed by atoms with Crippen LogP contribution in [0.15, 0.2) is 12.3 Å². The molecule has 1 N–H and O–H groups in total. The zero-order chi connectivity index (χ0) is 46.7. The van der Waals surface area contributed by atoms with Crippen molar-refractivity contribution >= 4 is 11.9 Å². The molecule has 0 aromatic rings. The van der Waals surface area contributed by atoms with Crippen LogP contribution in [-0.4, -0.2) is 87.4 Å². The largest absolute Gasteiger partial charge is 0.495 e. The maximum atomic E-state index is 14.9. The van der Waals surface area contributed by atoms with E-state index in [-0.39, 0.29) is 80.7 Å². The Morgan fingerprint density at radius 1 is 0.583 bits per heavy atom. The molecule has 8 nitrogen and oxygen atoms in total. The molecule has 60 heavy (non-hydrogen) atoms. The van der Waals surface area contributed by atoms with E-state index >= 15 is 0 Å². The van der Waals surface area contributed by atoms with Crippen molar-refractivity contribution in [3.05, 3.63) is 12.3 Å². The number of hydrogen-bond acceptors (Lipinski definition) is 8. The summed E-state index contributed by atoms with van der Waals surface area (Å²) in [5, 5.41) is 3.73. The first-order valence-electron chi connectivity index (χ1n) is 24.0. The molecule has 3 fully saturated rings. The van der Waals surface area contributed by atoms with Crippen molar-refractivity contribution < 1.29 is 23.8 Å². The topological polar surface area (TPSA) is 80.3 Å². The summed E-state index contributed by atoms with van der Waals surface area (Å²) in [6.07, 6.45) is 8.77. The van der Waals surface area contributed by atoms with Gasteiger partial charge in [-0.25, -0.2) is 0 Å². The van der Waals surface area contributed by atoms with E-state index in [1.807, 2.05) is 13.8 Å². The molecule has 3 aliphatic rings. The summed E-state index contributed by atoms with van der Waals surface area (Å²) in [5.41, 5.74) is -0.474. The van der Waals surface area contributed by atoms with Crippen molar-refractivity contribution in [1.82, 2.24) is 15.1 Å². The normalized spacial score (nSPS) is 24.4. The van der Waals surface area contributed by atoms with E-state index < -0.39 is 11.8 Å². The fourth-order valence-electron chi connectivity index (χ4n) is 11.6. The summed E-state index contributed by atoms with van der Waals surface area (Å²) in [5.74, 6) is -1.02. The molecule has 3 rings (SSSR count). The van der Waals surface area contributed by atoms with Gasteiger partial charge in [0, 0.05) is 78.2 Å². The monoisotopic (exact) mass is 846 g/mol. The van der Waals surface area contributed by atoms with Gasteiger partial charge >= 0.3 is 11.9 Å². The van der Waals surface area contributed by atoms with Crippen LogP contribution >= 0.6 is 0 Å². The van der Waals surface area contributed by atoms with E-state index in [9.17, 15) is 9.59 Å². The average molecular weight is 846 g/mol. The summed E-state index contributed by atoms with van der Waals surface area (Å²) in [4.78, 5) is 34.7. The SMILES string of the molecule is C=C(CC(C(=O)OC1CC(C)(C)NC(C)(C)C1)C(CCCC(CC(C)(C)C)CC(C)(C)C)C(=O)OC1CC(C)(C)N(C)C(C)(C)C1)OC1CC(C)(C)N(C)C(C)(C)C1.CC. The second-order valence-corrected chi connectivity index (χ2v) is 25.6. The van der Waals surface area contributed by atoms with Gasteiger partial charge in [-0.05, 0) is 133 Å². The van der Waals surface area contributed by atoms with E-state index in [1.165, 1.54) is 0 Å². The minimum atomic E-state index is -0.774. The highest BCUT2D eigenvalue weighted by Crippen LogP contribution is 2.43. The molecule has 0 aromatic heterocycles. The highest BCUT2D eigenvalue weighted by molar-refractivity contribution is 5.82. The van der Waals surface area contributed by atoms with E-state index in [0.717, 1.165) is 51.4 Å². The molecule has 0 bridgehead atoms. The molecule has 352 valence electrons. The number of piperidine rings is 3. The molecule has 0 spiro atoms. The predicted molar refractivity (Wildman–Crippen MR) is 253 cm³/mol. The van der Waals surface area contributed by atoms with E-state index in [0.29, 0.717) is 30.9 Å². The Morgan fingerprint density at radius 2 is 0.917 bits per heavy atom. The lowest BCUT2D eigenvalue weighted by Gasteiger charge is -2.53. The lowest BCUT2D eigenvalue weighted by Crippen LogP contribution is -2.60. The summed E-state index contributed by atoms with van der Waals surface area (Å²) >= 11 is 0. The first-order chi connectivity index (χ1) is 26.9. The molecule has 0 aliphatic carbocycles.